The summed E-state index contributed by atoms with van der Waals surface area (Å²) >= 11 is 0. The molecule has 1 aromatic carbocycles. The summed E-state index contributed by atoms with van der Waals surface area (Å²) < 4.78 is 50.3. The second kappa shape index (κ2) is 8.66. The van der Waals surface area contributed by atoms with Crippen molar-refractivity contribution in [3.8, 4) is 11.5 Å². The van der Waals surface area contributed by atoms with Gasteiger partial charge in [0.1, 0.15) is 11.8 Å². The Labute approximate surface area is 128 Å². The summed E-state index contributed by atoms with van der Waals surface area (Å²) in [5, 5.41) is 0. The fraction of sp³-hybridized carbons (Fsp3) is 0.562. The van der Waals surface area contributed by atoms with Crippen molar-refractivity contribution in [2.75, 3.05) is 13.2 Å². The molecule has 0 atom stereocenters. The Morgan fingerprint density at radius 1 is 1.05 bits per heavy atom. The van der Waals surface area contributed by atoms with Gasteiger partial charge in [-0.25, -0.2) is 0 Å². The maximum Gasteiger partial charge on any atom is 0.420 e. The van der Waals surface area contributed by atoms with E-state index in [2.05, 4.69) is 0 Å². The van der Waals surface area contributed by atoms with Crippen LogP contribution in [0.4, 0.5) is 13.2 Å². The molecule has 6 heteroatoms. The highest BCUT2D eigenvalue weighted by molar-refractivity contribution is 5.77. The highest BCUT2D eigenvalue weighted by atomic mass is 19.4. The van der Waals surface area contributed by atoms with Crippen LogP contribution in [-0.4, -0.2) is 19.5 Å². The third kappa shape index (κ3) is 5.24. The molecular weight excluding hydrogens is 297 g/mol. The number of unbranched alkanes of at least 4 members (excludes halogenated alkanes) is 2. The summed E-state index contributed by atoms with van der Waals surface area (Å²) in [4.78, 5) is 10.9. The summed E-state index contributed by atoms with van der Waals surface area (Å²) in [6, 6.07) is 2.08. The van der Waals surface area contributed by atoms with Crippen LogP contribution in [0.3, 0.4) is 0 Å². The summed E-state index contributed by atoms with van der Waals surface area (Å²) in [6.07, 6.45) is -1.23. The van der Waals surface area contributed by atoms with Crippen molar-refractivity contribution in [3.63, 3.8) is 0 Å². The number of rotatable bonds is 9. The maximum absolute atomic E-state index is 13.2. The Kier molecular flexibility index (Phi) is 7.21. The number of hydrogen-bond donors (Lipinski definition) is 0. The normalized spacial score (nSPS) is 11.3. The first-order valence-corrected chi connectivity index (χ1v) is 7.40. The van der Waals surface area contributed by atoms with Crippen molar-refractivity contribution < 1.29 is 27.4 Å². The molecule has 1 rings (SSSR count). The zero-order valence-electron chi connectivity index (χ0n) is 12.8. The molecule has 0 aliphatic carbocycles. The van der Waals surface area contributed by atoms with Crippen LogP contribution in [0.25, 0.3) is 0 Å². The van der Waals surface area contributed by atoms with E-state index in [1.165, 1.54) is 6.07 Å². The van der Waals surface area contributed by atoms with Crippen LogP contribution < -0.4 is 9.47 Å². The van der Waals surface area contributed by atoms with Gasteiger partial charge in [0.2, 0.25) is 0 Å². The monoisotopic (exact) mass is 318 g/mol. The highest BCUT2D eigenvalue weighted by Gasteiger charge is 2.36. The number of carbonyl (C=O) groups is 1. The van der Waals surface area contributed by atoms with Crippen LogP contribution in [0.5, 0.6) is 11.5 Å². The Balaban J connectivity index is 3.20. The molecule has 0 radical (unpaired) electrons. The van der Waals surface area contributed by atoms with Gasteiger partial charge in [0, 0.05) is 5.56 Å². The smallest absolute Gasteiger partial charge is 0.420 e. The Bertz CT molecular complexity index is 484. The van der Waals surface area contributed by atoms with Gasteiger partial charge in [-0.3, -0.25) is 4.79 Å². The van der Waals surface area contributed by atoms with E-state index in [-0.39, 0.29) is 30.3 Å². The SMILES string of the molecule is CCCCOc1cc(C=O)cc(C(F)(F)F)c1OCCCC. The van der Waals surface area contributed by atoms with E-state index >= 15 is 0 Å². The lowest BCUT2D eigenvalue weighted by Gasteiger charge is -2.18. The van der Waals surface area contributed by atoms with E-state index in [4.69, 9.17) is 9.47 Å². The van der Waals surface area contributed by atoms with Crippen LogP contribution in [-0.2, 0) is 6.18 Å². The number of ether oxygens (including phenoxy) is 2. The third-order valence-corrected chi connectivity index (χ3v) is 3.02. The fourth-order valence-corrected chi connectivity index (χ4v) is 1.80. The number of aldehydes is 1. The molecular formula is C16H21F3O3. The highest BCUT2D eigenvalue weighted by Crippen LogP contribution is 2.42. The minimum atomic E-state index is -4.61. The fourth-order valence-electron chi connectivity index (χ4n) is 1.80. The van der Waals surface area contributed by atoms with Gasteiger partial charge in [0.05, 0.1) is 13.2 Å². The van der Waals surface area contributed by atoms with Crippen molar-refractivity contribution in [1.82, 2.24) is 0 Å². The summed E-state index contributed by atoms with van der Waals surface area (Å²) in [5.41, 5.74) is -1.05. The van der Waals surface area contributed by atoms with E-state index < -0.39 is 11.7 Å². The molecule has 1 aromatic rings. The molecule has 124 valence electrons. The summed E-state index contributed by atoms with van der Waals surface area (Å²) in [7, 11) is 0. The molecule has 0 amide bonds. The molecule has 0 bridgehead atoms. The Hall–Kier alpha value is -1.72. The average molecular weight is 318 g/mol. The van der Waals surface area contributed by atoms with Crippen LogP contribution in [0.1, 0.15) is 55.5 Å². The quantitative estimate of drug-likeness (QED) is 0.481. The van der Waals surface area contributed by atoms with Crippen molar-refractivity contribution in [1.29, 1.82) is 0 Å². The summed E-state index contributed by atoms with van der Waals surface area (Å²) in [6.45, 7) is 4.32. The lowest BCUT2D eigenvalue weighted by Crippen LogP contribution is -2.12. The predicted molar refractivity (Wildman–Crippen MR) is 77.6 cm³/mol. The summed E-state index contributed by atoms with van der Waals surface area (Å²) in [5.74, 6) is -0.357. The lowest BCUT2D eigenvalue weighted by atomic mass is 10.1. The third-order valence-electron chi connectivity index (χ3n) is 3.02. The van der Waals surface area contributed by atoms with Gasteiger partial charge in [0.25, 0.3) is 0 Å². The van der Waals surface area contributed by atoms with E-state index in [0.717, 1.165) is 18.9 Å². The van der Waals surface area contributed by atoms with Crippen LogP contribution in [0, 0.1) is 0 Å². The van der Waals surface area contributed by atoms with Crippen LogP contribution in [0.15, 0.2) is 12.1 Å². The maximum atomic E-state index is 13.2. The molecule has 22 heavy (non-hydrogen) atoms. The van der Waals surface area contributed by atoms with Gasteiger partial charge in [0.15, 0.2) is 11.5 Å². The lowest BCUT2D eigenvalue weighted by molar-refractivity contribution is -0.139. The molecule has 0 heterocycles. The standard InChI is InChI=1S/C16H21F3O3/c1-3-5-7-21-14-10-12(11-20)9-13(16(17,18)19)15(14)22-8-6-4-2/h9-11H,3-8H2,1-2H3. The van der Waals surface area contributed by atoms with Crippen molar-refractivity contribution in [2.45, 2.75) is 45.7 Å². The van der Waals surface area contributed by atoms with Gasteiger partial charge in [-0.2, -0.15) is 13.2 Å². The average Bonchev–Trinajstić information content (AvgIpc) is 2.47. The molecule has 0 aliphatic heterocycles. The minimum absolute atomic E-state index is 0.0264. The first-order chi connectivity index (χ1) is 10.4. The van der Waals surface area contributed by atoms with Gasteiger partial charge >= 0.3 is 6.18 Å². The van der Waals surface area contributed by atoms with E-state index in [1.807, 2.05) is 13.8 Å². The zero-order chi connectivity index (χ0) is 16.6. The predicted octanol–water partition coefficient (Wildman–Crippen LogP) is 4.88. The Morgan fingerprint density at radius 2 is 1.64 bits per heavy atom. The molecule has 0 N–H and O–H groups in total. The topological polar surface area (TPSA) is 35.5 Å². The number of benzene rings is 1. The van der Waals surface area contributed by atoms with Crippen LogP contribution in [0.2, 0.25) is 0 Å². The molecule has 3 nitrogen and oxygen atoms in total. The van der Waals surface area contributed by atoms with E-state index in [1.54, 1.807) is 0 Å². The molecule has 0 aliphatic rings. The van der Waals surface area contributed by atoms with E-state index in [9.17, 15) is 18.0 Å². The number of hydrogen-bond acceptors (Lipinski definition) is 3. The molecule has 0 spiro atoms. The molecule has 0 saturated carbocycles. The second-order valence-electron chi connectivity index (χ2n) is 4.92. The van der Waals surface area contributed by atoms with Crippen molar-refractivity contribution in [2.24, 2.45) is 0 Å². The van der Waals surface area contributed by atoms with Gasteiger partial charge < -0.3 is 9.47 Å². The van der Waals surface area contributed by atoms with Gasteiger partial charge in [-0.1, -0.05) is 26.7 Å². The molecule has 0 saturated heterocycles. The molecule has 0 fully saturated rings. The number of halogens is 3. The van der Waals surface area contributed by atoms with Crippen molar-refractivity contribution in [3.05, 3.63) is 23.3 Å². The largest absolute Gasteiger partial charge is 0.490 e. The van der Waals surface area contributed by atoms with Gasteiger partial charge in [-0.05, 0) is 25.0 Å². The molecule has 0 aromatic heterocycles. The van der Waals surface area contributed by atoms with Gasteiger partial charge in [-0.15, -0.1) is 0 Å². The number of carbonyl (C=O) groups excluding carboxylic acids is 1. The number of alkyl halides is 3. The molecule has 0 unspecified atom stereocenters. The second-order valence-corrected chi connectivity index (χ2v) is 4.92. The minimum Gasteiger partial charge on any atom is -0.490 e. The Morgan fingerprint density at radius 3 is 2.14 bits per heavy atom. The zero-order valence-corrected chi connectivity index (χ0v) is 12.8. The van der Waals surface area contributed by atoms with E-state index in [0.29, 0.717) is 19.1 Å². The first kappa shape index (κ1) is 18.3. The van der Waals surface area contributed by atoms with Crippen molar-refractivity contribution >= 4 is 6.29 Å². The van der Waals surface area contributed by atoms with Crippen LogP contribution >= 0.6 is 0 Å². The first-order valence-electron chi connectivity index (χ1n) is 7.40.